The minimum absolute atomic E-state index is 0.0954. The number of aromatic amines is 2. The lowest BCUT2D eigenvalue weighted by molar-refractivity contribution is -0.137. The first-order chi connectivity index (χ1) is 26.7. The van der Waals surface area contributed by atoms with Gasteiger partial charge < -0.3 is 39.9 Å². The Morgan fingerprint density at radius 2 is 1.47 bits per heavy atom. The molecule has 0 spiro atoms. The number of carbonyl (C=O) groups excluding carboxylic acids is 4. The number of nitrogens with zero attached hydrogens (tertiary/aromatic N) is 4. The second-order valence-corrected chi connectivity index (χ2v) is 14.9. The van der Waals surface area contributed by atoms with E-state index in [1.54, 1.807) is 11.8 Å². The molecule has 14 heteroatoms. The van der Waals surface area contributed by atoms with Crippen molar-refractivity contribution < 1.29 is 28.7 Å². The van der Waals surface area contributed by atoms with Crippen molar-refractivity contribution in [1.29, 1.82) is 0 Å². The minimum Gasteiger partial charge on any atom is -0.453 e. The van der Waals surface area contributed by atoms with Gasteiger partial charge in [-0.2, -0.15) is 0 Å². The summed E-state index contributed by atoms with van der Waals surface area (Å²) in [4.78, 5) is 70.7. The number of ether oxygens (including phenoxy) is 2. The lowest BCUT2D eigenvalue weighted by Crippen LogP contribution is -2.51. The molecule has 6 atom stereocenters. The van der Waals surface area contributed by atoms with E-state index in [1.807, 2.05) is 17.3 Å². The first-order valence-corrected chi connectivity index (χ1v) is 19.0. The summed E-state index contributed by atoms with van der Waals surface area (Å²) in [5.74, 6) is 1.42. The summed E-state index contributed by atoms with van der Waals surface area (Å²) in [5, 5.41) is 5.17. The number of amides is 4. The molecule has 2 aliphatic carbocycles. The van der Waals surface area contributed by atoms with Gasteiger partial charge in [0.15, 0.2) is 0 Å². The summed E-state index contributed by atoms with van der Waals surface area (Å²) in [6.07, 6.45) is 10.1. The SMILES string of the molecule is C=CC(NC(=O)OC)C(=O)N1C2CCC(C2)C1c1ncc(-c2ccc3c(c2)CCc2cc(-c4cnc(C5CCCN5C(=O)C(C)NC(=O)OC)[nH]4)ccc2-3)[nH]1. The zero-order chi connectivity index (χ0) is 38.4. The molecule has 2 aromatic carbocycles. The Bertz CT molecular complexity index is 2160. The fourth-order valence-electron chi connectivity index (χ4n) is 9.10. The van der Waals surface area contributed by atoms with E-state index in [4.69, 9.17) is 14.7 Å². The quantitative estimate of drug-likeness (QED) is 0.160. The van der Waals surface area contributed by atoms with Gasteiger partial charge >= 0.3 is 12.2 Å². The van der Waals surface area contributed by atoms with Crippen LogP contribution >= 0.6 is 0 Å². The molecular weight excluding hydrogens is 701 g/mol. The predicted octanol–water partition coefficient (Wildman–Crippen LogP) is 5.60. The number of methoxy groups -OCH3 is 2. The van der Waals surface area contributed by atoms with Crippen LogP contribution in [-0.2, 0) is 31.9 Å². The molecule has 6 unspecified atom stereocenters. The molecular formula is C41H46N8O6. The van der Waals surface area contributed by atoms with Crippen LogP contribution in [0.4, 0.5) is 9.59 Å². The van der Waals surface area contributed by atoms with Crippen molar-refractivity contribution in [2.45, 2.75) is 82.1 Å². The van der Waals surface area contributed by atoms with Gasteiger partial charge in [-0.1, -0.05) is 30.3 Å². The highest BCUT2D eigenvalue weighted by Gasteiger charge is 2.51. The monoisotopic (exact) mass is 746 g/mol. The molecule has 4 aromatic rings. The molecule has 4 aliphatic rings. The van der Waals surface area contributed by atoms with Crippen LogP contribution in [0.25, 0.3) is 33.6 Å². The topological polar surface area (TPSA) is 175 Å². The summed E-state index contributed by atoms with van der Waals surface area (Å²) >= 11 is 0. The van der Waals surface area contributed by atoms with Crippen LogP contribution in [0.5, 0.6) is 0 Å². The van der Waals surface area contributed by atoms with Crippen molar-refractivity contribution >= 4 is 24.0 Å². The number of hydrogen-bond acceptors (Lipinski definition) is 8. The van der Waals surface area contributed by atoms with Crippen molar-refractivity contribution in [3.63, 3.8) is 0 Å². The lowest BCUT2D eigenvalue weighted by atomic mass is 9.83. The van der Waals surface area contributed by atoms with Gasteiger partial charge in [0.05, 0.1) is 50.1 Å². The number of piperidine rings is 1. The van der Waals surface area contributed by atoms with Gasteiger partial charge in [-0.15, -0.1) is 6.58 Å². The number of alkyl carbamates (subject to hydrolysis) is 2. The number of fused-ring (bicyclic) bond motifs is 5. The average molecular weight is 747 g/mol. The lowest BCUT2D eigenvalue weighted by Gasteiger charge is -2.36. The van der Waals surface area contributed by atoms with Crippen LogP contribution in [0.15, 0.2) is 61.4 Å². The molecule has 8 rings (SSSR count). The predicted molar refractivity (Wildman–Crippen MR) is 203 cm³/mol. The zero-order valence-corrected chi connectivity index (χ0v) is 31.3. The molecule has 2 bridgehead atoms. The minimum atomic E-state index is -0.881. The number of hydrogen-bond donors (Lipinski definition) is 4. The van der Waals surface area contributed by atoms with Crippen molar-refractivity contribution in [2.24, 2.45) is 5.92 Å². The number of aromatic nitrogens is 4. The Labute approximate surface area is 319 Å². The summed E-state index contributed by atoms with van der Waals surface area (Å²) in [7, 11) is 2.55. The molecule has 1 saturated carbocycles. The molecule has 3 fully saturated rings. The molecule has 4 heterocycles. The number of likely N-dealkylation sites (tertiary alicyclic amines) is 2. The molecule has 4 N–H and O–H groups in total. The van der Waals surface area contributed by atoms with Crippen LogP contribution in [0.3, 0.4) is 0 Å². The maximum atomic E-state index is 13.7. The summed E-state index contributed by atoms with van der Waals surface area (Å²) in [6, 6.07) is 11.2. The Kier molecular flexibility index (Phi) is 9.66. The van der Waals surface area contributed by atoms with Crippen LogP contribution < -0.4 is 10.6 Å². The van der Waals surface area contributed by atoms with E-state index >= 15 is 0 Å². The van der Waals surface area contributed by atoms with Gasteiger partial charge in [0.25, 0.3) is 0 Å². The Morgan fingerprint density at radius 1 is 0.855 bits per heavy atom. The van der Waals surface area contributed by atoms with E-state index in [9.17, 15) is 19.2 Å². The van der Waals surface area contributed by atoms with Gasteiger partial charge in [-0.05, 0) is 103 Å². The molecule has 4 amide bonds. The second-order valence-electron chi connectivity index (χ2n) is 14.9. The number of nitrogens with one attached hydrogen (secondary N) is 4. The number of benzene rings is 2. The van der Waals surface area contributed by atoms with E-state index in [-0.39, 0.29) is 29.9 Å². The fourth-order valence-corrected chi connectivity index (χ4v) is 9.10. The third-order valence-corrected chi connectivity index (χ3v) is 11.8. The van der Waals surface area contributed by atoms with Crippen LogP contribution in [0, 0.1) is 5.92 Å². The maximum absolute atomic E-state index is 13.7. The Balaban J connectivity index is 0.980. The summed E-state index contributed by atoms with van der Waals surface area (Å²) in [6.45, 7) is 6.04. The smallest absolute Gasteiger partial charge is 0.407 e. The van der Waals surface area contributed by atoms with Gasteiger partial charge in [0, 0.05) is 12.6 Å². The van der Waals surface area contributed by atoms with Gasteiger partial charge in [-0.3, -0.25) is 9.59 Å². The second kappa shape index (κ2) is 14.7. The van der Waals surface area contributed by atoms with Crippen LogP contribution in [0.1, 0.15) is 73.9 Å². The summed E-state index contributed by atoms with van der Waals surface area (Å²) in [5.41, 5.74) is 8.79. The number of H-pyrrole nitrogens is 2. The van der Waals surface area contributed by atoms with E-state index in [2.05, 4.69) is 68.3 Å². The molecule has 0 radical (unpaired) electrons. The number of carbonyl (C=O) groups is 4. The molecule has 14 nitrogen and oxygen atoms in total. The average Bonchev–Trinajstić information content (AvgIpc) is 4.06. The Morgan fingerprint density at radius 3 is 2.11 bits per heavy atom. The normalized spacial score (nSPS) is 22.0. The first-order valence-electron chi connectivity index (χ1n) is 19.0. The highest BCUT2D eigenvalue weighted by molar-refractivity contribution is 5.88. The van der Waals surface area contributed by atoms with E-state index in [1.165, 1.54) is 42.5 Å². The van der Waals surface area contributed by atoms with Crippen molar-refractivity contribution in [3.8, 4) is 33.6 Å². The molecule has 55 heavy (non-hydrogen) atoms. The number of rotatable bonds is 9. The third kappa shape index (κ3) is 6.63. The molecule has 2 aromatic heterocycles. The van der Waals surface area contributed by atoms with Gasteiger partial charge in [0.2, 0.25) is 11.8 Å². The van der Waals surface area contributed by atoms with Gasteiger partial charge in [-0.25, -0.2) is 19.6 Å². The highest BCUT2D eigenvalue weighted by Crippen LogP contribution is 2.50. The standard InChI is InChI=1S/C41H46N8O6/c1-5-31(47-41(53)55-4)39(51)49-28-13-10-27(19-28)35(49)37-43-21-33(46-37)26-12-15-30-24(18-26)9-8-23-17-25(11-14-29(23)30)32-20-42-36(45-32)34-7-6-16-48(34)38(50)22(2)44-40(52)54-3/h5,11-12,14-15,17-18,20-22,27-28,31,34-35H,1,6-10,13,16,19H2,2-4H3,(H,42,45)(H,43,46)(H,44,52)(H,47,53). The highest BCUT2D eigenvalue weighted by atomic mass is 16.5. The fraction of sp³-hybridized carbons (Fsp3) is 0.415. The van der Waals surface area contributed by atoms with Crippen molar-refractivity contribution in [1.82, 2.24) is 40.4 Å². The first kappa shape index (κ1) is 36.1. The molecule has 2 aliphatic heterocycles. The maximum Gasteiger partial charge on any atom is 0.407 e. The number of imidazole rings is 2. The number of aryl methyl sites for hydroxylation is 2. The van der Waals surface area contributed by atoms with E-state index < -0.39 is 24.3 Å². The van der Waals surface area contributed by atoms with E-state index in [0.717, 1.165) is 79.1 Å². The largest absolute Gasteiger partial charge is 0.453 e. The van der Waals surface area contributed by atoms with Crippen molar-refractivity contribution in [2.75, 3.05) is 20.8 Å². The molecule has 286 valence electrons. The molecule has 2 saturated heterocycles. The Hall–Kier alpha value is -5.92. The summed E-state index contributed by atoms with van der Waals surface area (Å²) < 4.78 is 9.40. The van der Waals surface area contributed by atoms with Crippen molar-refractivity contribution in [3.05, 3.63) is 84.2 Å². The van der Waals surface area contributed by atoms with E-state index in [0.29, 0.717) is 12.5 Å². The zero-order valence-electron chi connectivity index (χ0n) is 31.3. The van der Waals surface area contributed by atoms with Crippen LogP contribution in [0.2, 0.25) is 0 Å². The van der Waals surface area contributed by atoms with Crippen LogP contribution in [-0.4, -0.2) is 92.6 Å². The third-order valence-electron chi connectivity index (χ3n) is 11.8. The van der Waals surface area contributed by atoms with Gasteiger partial charge in [0.1, 0.15) is 23.7 Å².